The Morgan fingerprint density at radius 1 is 1.08 bits per heavy atom. The largest absolute Gasteiger partial charge is 0.366 e. The Morgan fingerprint density at radius 2 is 2.08 bits per heavy atom. The molecule has 1 aliphatic heterocycles. The van der Waals surface area contributed by atoms with E-state index in [0.29, 0.717) is 11.7 Å². The fourth-order valence-corrected chi connectivity index (χ4v) is 4.79. The van der Waals surface area contributed by atoms with Crippen molar-refractivity contribution in [2.24, 2.45) is 17.8 Å². The van der Waals surface area contributed by atoms with Gasteiger partial charge >= 0.3 is 0 Å². The second-order valence-corrected chi connectivity index (χ2v) is 5.65. The molecule has 4 rings (SSSR count). The van der Waals surface area contributed by atoms with Gasteiger partial charge < -0.3 is 4.74 Å². The smallest absolute Gasteiger partial charge is 0.0979 e. The van der Waals surface area contributed by atoms with E-state index in [0.717, 1.165) is 17.8 Å². The molecule has 0 bridgehead atoms. The van der Waals surface area contributed by atoms with Gasteiger partial charge in [0.1, 0.15) is 0 Å². The normalized spacial score (nSPS) is 62.8. The fraction of sp³-hybridized carbons (Fsp3) is 1.00. The van der Waals surface area contributed by atoms with Crippen LogP contribution in [0.4, 0.5) is 0 Å². The van der Waals surface area contributed by atoms with Gasteiger partial charge in [-0.3, -0.25) is 0 Å². The Kier molecular flexibility index (Phi) is 1.19. The average molecular weight is 178 g/mol. The summed E-state index contributed by atoms with van der Waals surface area (Å²) in [7, 11) is 0. The summed E-state index contributed by atoms with van der Waals surface area (Å²) >= 11 is 0. The number of hydrogen-bond acceptors (Lipinski definition) is 1. The second-order valence-electron chi connectivity index (χ2n) is 5.65. The molecule has 0 aromatic rings. The molecule has 0 amide bonds. The highest BCUT2D eigenvalue weighted by Crippen LogP contribution is 2.65. The van der Waals surface area contributed by atoms with E-state index in [1.54, 1.807) is 0 Å². The monoisotopic (exact) mass is 178 g/mol. The van der Waals surface area contributed by atoms with Crippen molar-refractivity contribution in [2.75, 3.05) is 0 Å². The first kappa shape index (κ1) is 7.28. The van der Waals surface area contributed by atoms with Crippen molar-refractivity contribution >= 4 is 0 Å². The average Bonchev–Trinajstić information content (AvgIpc) is 2.52. The van der Waals surface area contributed by atoms with Crippen LogP contribution in [0.1, 0.15) is 44.9 Å². The van der Waals surface area contributed by atoms with Crippen LogP contribution in [0.5, 0.6) is 0 Å². The maximum Gasteiger partial charge on any atom is 0.0979 e. The molecule has 5 atom stereocenters. The van der Waals surface area contributed by atoms with Gasteiger partial charge in [-0.05, 0) is 43.4 Å². The molecule has 0 radical (unpaired) electrons. The van der Waals surface area contributed by atoms with Gasteiger partial charge in [0.25, 0.3) is 0 Å². The van der Waals surface area contributed by atoms with E-state index in [-0.39, 0.29) is 0 Å². The lowest BCUT2D eigenvalue weighted by molar-refractivity contribution is 0.157. The van der Waals surface area contributed by atoms with Crippen LogP contribution in [-0.2, 0) is 4.74 Å². The minimum Gasteiger partial charge on any atom is -0.366 e. The summed E-state index contributed by atoms with van der Waals surface area (Å²) in [5.41, 5.74) is 0.450. The molecule has 3 aliphatic carbocycles. The standard InChI is InChI=1S/C12H18O/c1-3-8-7-11-12(13-11)6-2-5-10(12)9(8)4-1/h8-11H,1-7H2. The summed E-state index contributed by atoms with van der Waals surface area (Å²) in [6.45, 7) is 0. The SMILES string of the molecule is C1CC2CC3OC34CCCC4C2C1. The first-order valence-corrected chi connectivity index (χ1v) is 6.08. The molecule has 4 fully saturated rings. The highest BCUT2D eigenvalue weighted by atomic mass is 16.6. The molecule has 1 nitrogen and oxygen atoms in total. The quantitative estimate of drug-likeness (QED) is 0.520. The predicted octanol–water partition coefficient (Wildman–Crippen LogP) is 2.74. The van der Waals surface area contributed by atoms with Crippen LogP contribution in [-0.4, -0.2) is 11.7 Å². The van der Waals surface area contributed by atoms with Crippen LogP contribution in [0.25, 0.3) is 0 Å². The van der Waals surface area contributed by atoms with Crippen LogP contribution in [0.15, 0.2) is 0 Å². The Bertz CT molecular complexity index is 250. The zero-order chi connectivity index (χ0) is 8.47. The molecule has 13 heavy (non-hydrogen) atoms. The molecule has 0 aromatic heterocycles. The molecular weight excluding hydrogens is 160 g/mol. The van der Waals surface area contributed by atoms with Crippen molar-refractivity contribution in [1.82, 2.24) is 0 Å². The van der Waals surface area contributed by atoms with Gasteiger partial charge in [-0.2, -0.15) is 0 Å². The van der Waals surface area contributed by atoms with Crippen LogP contribution >= 0.6 is 0 Å². The molecule has 5 unspecified atom stereocenters. The summed E-state index contributed by atoms with van der Waals surface area (Å²) in [6.07, 6.45) is 11.0. The molecule has 1 heteroatoms. The molecule has 0 aromatic carbocycles. The maximum atomic E-state index is 6.03. The van der Waals surface area contributed by atoms with Gasteiger partial charge in [-0.15, -0.1) is 0 Å². The van der Waals surface area contributed by atoms with E-state index < -0.39 is 0 Å². The van der Waals surface area contributed by atoms with Gasteiger partial charge in [0.2, 0.25) is 0 Å². The van der Waals surface area contributed by atoms with Crippen LogP contribution in [0.2, 0.25) is 0 Å². The van der Waals surface area contributed by atoms with E-state index in [1.165, 1.54) is 44.9 Å². The molecule has 3 saturated carbocycles. The Balaban J connectivity index is 1.72. The van der Waals surface area contributed by atoms with Gasteiger partial charge in [-0.25, -0.2) is 0 Å². The maximum absolute atomic E-state index is 6.03. The number of ether oxygens (including phenoxy) is 1. The summed E-state index contributed by atoms with van der Waals surface area (Å²) in [5, 5.41) is 0. The molecule has 1 spiro atoms. The third-order valence-corrected chi connectivity index (χ3v) is 5.31. The first-order valence-electron chi connectivity index (χ1n) is 6.08. The van der Waals surface area contributed by atoms with Crippen molar-refractivity contribution in [3.63, 3.8) is 0 Å². The molecular formula is C12H18O. The lowest BCUT2D eigenvalue weighted by atomic mass is 9.69. The second kappa shape index (κ2) is 2.13. The van der Waals surface area contributed by atoms with Crippen LogP contribution < -0.4 is 0 Å². The third-order valence-electron chi connectivity index (χ3n) is 5.31. The fourth-order valence-electron chi connectivity index (χ4n) is 4.79. The van der Waals surface area contributed by atoms with Gasteiger partial charge in [0.05, 0.1) is 11.7 Å². The van der Waals surface area contributed by atoms with Crippen LogP contribution in [0.3, 0.4) is 0 Å². The molecule has 0 N–H and O–H groups in total. The number of epoxide rings is 1. The summed E-state index contributed by atoms with van der Waals surface area (Å²) < 4.78 is 6.03. The molecule has 1 heterocycles. The zero-order valence-electron chi connectivity index (χ0n) is 8.17. The Morgan fingerprint density at radius 3 is 3.08 bits per heavy atom. The predicted molar refractivity (Wildman–Crippen MR) is 50.4 cm³/mol. The van der Waals surface area contributed by atoms with Crippen molar-refractivity contribution in [3.8, 4) is 0 Å². The Labute approximate surface area is 79.8 Å². The van der Waals surface area contributed by atoms with Crippen molar-refractivity contribution < 1.29 is 4.74 Å². The zero-order valence-corrected chi connectivity index (χ0v) is 8.17. The minimum absolute atomic E-state index is 0.450. The summed E-state index contributed by atoms with van der Waals surface area (Å²) in [6, 6.07) is 0. The highest BCUT2D eigenvalue weighted by Gasteiger charge is 2.68. The number of rotatable bonds is 0. The molecule has 72 valence electrons. The van der Waals surface area contributed by atoms with Crippen molar-refractivity contribution in [3.05, 3.63) is 0 Å². The third kappa shape index (κ3) is 0.743. The van der Waals surface area contributed by atoms with E-state index in [4.69, 9.17) is 4.74 Å². The first-order chi connectivity index (χ1) is 6.40. The number of hydrogen-bond donors (Lipinski definition) is 0. The topological polar surface area (TPSA) is 12.5 Å². The van der Waals surface area contributed by atoms with E-state index in [9.17, 15) is 0 Å². The van der Waals surface area contributed by atoms with Gasteiger partial charge in [0.15, 0.2) is 0 Å². The summed E-state index contributed by atoms with van der Waals surface area (Å²) in [5.74, 6) is 3.11. The molecule has 1 saturated heterocycles. The number of fused-ring (bicyclic) bond motifs is 2. The minimum atomic E-state index is 0.450. The van der Waals surface area contributed by atoms with Gasteiger partial charge in [-0.1, -0.05) is 19.3 Å². The van der Waals surface area contributed by atoms with Gasteiger partial charge in [0, 0.05) is 0 Å². The van der Waals surface area contributed by atoms with E-state index in [1.807, 2.05) is 0 Å². The highest BCUT2D eigenvalue weighted by molar-refractivity contribution is 5.17. The summed E-state index contributed by atoms with van der Waals surface area (Å²) in [4.78, 5) is 0. The lowest BCUT2D eigenvalue weighted by Gasteiger charge is -2.32. The van der Waals surface area contributed by atoms with Crippen molar-refractivity contribution in [2.45, 2.75) is 56.7 Å². The van der Waals surface area contributed by atoms with Crippen LogP contribution in [0, 0.1) is 17.8 Å². The van der Waals surface area contributed by atoms with Crippen molar-refractivity contribution in [1.29, 1.82) is 0 Å². The lowest BCUT2D eigenvalue weighted by Crippen LogP contribution is -2.35. The van der Waals surface area contributed by atoms with E-state index >= 15 is 0 Å². The Hall–Kier alpha value is -0.0400. The van der Waals surface area contributed by atoms with E-state index in [2.05, 4.69) is 0 Å². The molecule has 4 aliphatic rings.